The van der Waals surface area contributed by atoms with Gasteiger partial charge in [0.25, 0.3) is 5.91 Å². The standard InChI is InChI=1S/C18H26N2O4S/c1-14-5-3-4-6-16(14)17(21)20-10-8-18(9-11-20)13-15(7-12-24-18)19-25(2,22)23/h3-6,15,19H,7-13H2,1-2H3. The number of ether oxygens (including phenoxy) is 1. The lowest BCUT2D eigenvalue weighted by Crippen LogP contribution is -2.54. The summed E-state index contributed by atoms with van der Waals surface area (Å²) in [7, 11) is -3.21. The molecule has 2 aliphatic rings. The minimum atomic E-state index is -3.21. The average molecular weight is 366 g/mol. The number of nitrogens with zero attached hydrogens (tertiary/aromatic N) is 1. The molecule has 0 aliphatic carbocycles. The van der Waals surface area contributed by atoms with Crippen LogP contribution in [-0.2, 0) is 14.8 Å². The van der Waals surface area contributed by atoms with Gasteiger partial charge in [-0.15, -0.1) is 0 Å². The first-order valence-electron chi connectivity index (χ1n) is 8.74. The molecular weight excluding hydrogens is 340 g/mol. The molecule has 0 bridgehead atoms. The Kier molecular flexibility index (Phi) is 5.18. The first-order chi connectivity index (χ1) is 11.8. The zero-order chi connectivity index (χ0) is 18.1. The van der Waals surface area contributed by atoms with Gasteiger partial charge >= 0.3 is 0 Å². The van der Waals surface area contributed by atoms with Gasteiger partial charge in [-0.2, -0.15) is 0 Å². The summed E-state index contributed by atoms with van der Waals surface area (Å²) in [6.07, 6.45) is 4.05. The number of aryl methyl sites for hydroxylation is 1. The summed E-state index contributed by atoms with van der Waals surface area (Å²) in [6, 6.07) is 7.55. The van der Waals surface area contributed by atoms with Crippen molar-refractivity contribution in [2.75, 3.05) is 26.0 Å². The van der Waals surface area contributed by atoms with E-state index in [0.29, 0.717) is 32.5 Å². The zero-order valence-corrected chi connectivity index (χ0v) is 15.6. The van der Waals surface area contributed by atoms with Crippen LogP contribution in [0.1, 0.15) is 41.6 Å². The molecule has 25 heavy (non-hydrogen) atoms. The number of sulfonamides is 1. The van der Waals surface area contributed by atoms with E-state index in [1.807, 2.05) is 36.1 Å². The molecule has 1 N–H and O–H groups in total. The SMILES string of the molecule is Cc1ccccc1C(=O)N1CCC2(CC1)CC(NS(C)(=O)=O)CCO2. The number of hydrogen-bond donors (Lipinski definition) is 1. The Morgan fingerprint density at radius 1 is 1.28 bits per heavy atom. The van der Waals surface area contributed by atoms with E-state index in [9.17, 15) is 13.2 Å². The Labute approximate surface area is 149 Å². The molecule has 1 atom stereocenters. The van der Waals surface area contributed by atoms with Crippen LogP contribution in [0.4, 0.5) is 0 Å². The highest BCUT2D eigenvalue weighted by molar-refractivity contribution is 7.88. The van der Waals surface area contributed by atoms with E-state index >= 15 is 0 Å². The van der Waals surface area contributed by atoms with Crippen molar-refractivity contribution in [2.24, 2.45) is 0 Å². The van der Waals surface area contributed by atoms with Crippen molar-refractivity contribution in [3.63, 3.8) is 0 Å². The van der Waals surface area contributed by atoms with E-state index < -0.39 is 10.0 Å². The molecule has 2 saturated heterocycles. The number of amides is 1. The molecule has 1 spiro atoms. The van der Waals surface area contributed by atoms with Crippen LogP contribution in [-0.4, -0.2) is 56.8 Å². The number of benzene rings is 1. The lowest BCUT2D eigenvalue weighted by Gasteiger charge is -2.46. The molecule has 2 heterocycles. The van der Waals surface area contributed by atoms with Gasteiger partial charge < -0.3 is 9.64 Å². The third-order valence-electron chi connectivity index (χ3n) is 5.21. The average Bonchev–Trinajstić information content (AvgIpc) is 2.54. The van der Waals surface area contributed by atoms with E-state index in [-0.39, 0.29) is 17.6 Å². The summed E-state index contributed by atoms with van der Waals surface area (Å²) in [5.41, 5.74) is 1.42. The molecule has 2 aliphatic heterocycles. The number of likely N-dealkylation sites (tertiary alicyclic amines) is 1. The third-order valence-corrected chi connectivity index (χ3v) is 5.97. The van der Waals surface area contributed by atoms with Crippen molar-refractivity contribution in [1.29, 1.82) is 0 Å². The van der Waals surface area contributed by atoms with Crippen LogP contribution in [0.2, 0.25) is 0 Å². The van der Waals surface area contributed by atoms with Crippen molar-refractivity contribution in [3.05, 3.63) is 35.4 Å². The van der Waals surface area contributed by atoms with E-state index in [0.717, 1.165) is 24.0 Å². The smallest absolute Gasteiger partial charge is 0.254 e. The van der Waals surface area contributed by atoms with Gasteiger partial charge in [-0.1, -0.05) is 18.2 Å². The molecule has 1 aromatic rings. The number of carbonyl (C=O) groups excluding carboxylic acids is 1. The third kappa shape index (κ3) is 4.40. The fourth-order valence-corrected chi connectivity index (χ4v) is 4.69. The van der Waals surface area contributed by atoms with Crippen LogP contribution in [0.5, 0.6) is 0 Å². The Balaban J connectivity index is 1.63. The molecule has 1 aromatic carbocycles. The van der Waals surface area contributed by atoms with Gasteiger partial charge in [-0.25, -0.2) is 13.1 Å². The van der Waals surface area contributed by atoms with Crippen LogP contribution in [0.25, 0.3) is 0 Å². The normalized spacial score (nSPS) is 23.6. The van der Waals surface area contributed by atoms with Crippen molar-refractivity contribution in [1.82, 2.24) is 9.62 Å². The predicted octanol–water partition coefficient (Wildman–Crippen LogP) is 1.70. The highest BCUT2D eigenvalue weighted by Gasteiger charge is 2.41. The number of piperidine rings is 1. The molecule has 1 amide bonds. The largest absolute Gasteiger partial charge is 0.375 e. The van der Waals surface area contributed by atoms with E-state index in [4.69, 9.17) is 4.74 Å². The molecule has 7 heteroatoms. The van der Waals surface area contributed by atoms with Crippen molar-refractivity contribution in [2.45, 2.75) is 44.2 Å². The maximum absolute atomic E-state index is 12.7. The molecule has 3 rings (SSSR count). The van der Waals surface area contributed by atoms with E-state index in [2.05, 4.69) is 4.72 Å². The summed E-state index contributed by atoms with van der Waals surface area (Å²) >= 11 is 0. The number of nitrogens with one attached hydrogen (secondary N) is 1. The number of carbonyl (C=O) groups is 1. The fraction of sp³-hybridized carbons (Fsp3) is 0.611. The second kappa shape index (κ2) is 7.05. The number of hydrogen-bond acceptors (Lipinski definition) is 4. The van der Waals surface area contributed by atoms with Crippen molar-refractivity contribution >= 4 is 15.9 Å². The molecular formula is C18H26N2O4S. The monoisotopic (exact) mass is 366 g/mol. The van der Waals surface area contributed by atoms with Gasteiger partial charge in [0, 0.05) is 31.3 Å². The lowest BCUT2D eigenvalue weighted by atomic mass is 9.82. The minimum absolute atomic E-state index is 0.0644. The Morgan fingerprint density at radius 2 is 1.96 bits per heavy atom. The summed E-state index contributed by atoms with van der Waals surface area (Å²) in [4.78, 5) is 14.6. The maximum atomic E-state index is 12.7. The van der Waals surface area contributed by atoms with Gasteiger partial charge in [0.05, 0.1) is 11.9 Å². The van der Waals surface area contributed by atoms with Gasteiger partial charge in [-0.3, -0.25) is 4.79 Å². The lowest BCUT2D eigenvalue weighted by molar-refractivity contribution is -0.113. The first-order valence-corrected chi connectivity index (χ1v) is 10.6. The van der Waals surface area contributed by atoms with Crippen molar-refractivity contribution in [3.8, 4) is 0 Å². The van der Waals surface area contributed by atoms with Gasteiger partial charge in [0.15, 0.2) is 0 Å². The highest BCUT2D eigenvalue weighted by Crippen LogP contribution is 2.35. The fourth-order valence-electron chi connectivity index (χ4n) is 3.88. The Bertz CT molecular complexity index is 739. The van der Waals surface area contributed by atoms with Crippen molar-refractivity contribution < 1.29 is 17.9 Å². The van der Waals surface area contributed by atoms with Gasteiger partial charge in [0.1, 0.15) is 0 Å². The molecule has 138 valence electrons. The van der Waals surface area contributed by atoms with Gasteiger partial charge in [0.2, 0.25) is 10.0 Å². The van der Waals surface area contributed by atoms with E-state index in [1.165, 1.54) is 6.26 Å². The summed E-state index contributed by atoms with van der Waals surface area (Å²) in [5.74, 6) is 0.0644. The minimum Gasteiger partial charge on any atom is -0.375 e. The molecule has 2 fully saturated rings. The maximum Gasteiger partial charge on any atom is 0.254 e. The molecule has 0 saturated carbocycles. The van der Waals surface area contributed by atoms with Gasteiger partial charge in [-0.05, 0) is 44.2 Å². The summed E-state index contributed by atoms with van der Waals surface area (Å²) in [5, 5.41) is 0. The second-order valence-corrected chi connectivity index (χ2v) is 9.00. The van der Waals surface area contributed by atoms with E-state index in [1.54, 1.807) is 0 Å². The molecule has 0 aromatic heterocycles. The molecule has 0 radical (unpaired) electrons. The topological polar surface area (TPSA) is 75.7 Å². The predicted molar refractivity (Wildman–Crippen MR) is 96.0 cm³/mol. The molecule has 6 nitrogen and oxygen atoms in total. The summed E-state index contributed by atoms with van der Waals surface area (Å²) in [6.45, 7) is 3.78. The quantitative estimate of drug-likeness (QED) is 0.883. The Morgan fingerprint density at radius 3 is 2.60 bits per heavy atom. The summed E-state index contributed by atoms with van der Waals surface area (Å²) < 4.78 is 31.7. The molecule has 1 unspecified atom stereocenters. The van der Waals surface area contributed by atoms with Crippen LogP contribution < -0.4 is 4.72 Å². The first kappa shape index (κ1) is 18.4. The Hall–Kier alpha value is -1.44. The van der Waals surface area contributed by atoms with Crippen LogP contribution >= 0.6 is 0 Å². The zero-order valence-electron chi connectivity index (χ0n) is 14.8. The van der Waals surface area contributed by atoms with Crippen LogP contribution in [0, 0.1) is 6.92 Å². The van der Waals surface area contributed by atoms with Crippen LogP contribution in [0.15, 0.2) is 24.3 Å². The second-order valence-electron chi connectivity index (χ2n) is 7.22. The van der Waals surface area contributed by atoms with Crippen LogP contribution in [0.3, 0.4) is 0 Å². The highest BCUT2D eigenvalue weighted by atomic mass is 32.2. The number of rotatable bonds is 3.